The van der Waals surface area contributed by atoms with E-state index >= 15 is 0 Å². The van der Waals surface area contributed by atoms with Crippen molar-refractivity contribution in [1.82, 2.24) is 4.57 Å². The second kappa shape index (κ2) is 5.73. The summed E-state index contributed by atoms with van der Waals surface area (Å²) in [5.41, 5.74) is -0.143. The highest BCUT2D eigenvalue weighted by molar-refractivity contribution is 8.00. The first-order chi connectivity index (χ1) is 10.5. The number of hydrogen-bond donors (Lipinski definition) is 1. The van der Waals surface area contributed by atoms with E-state index in [1.54, 1.807) is 6.07 Å². The van der Waals surface area contributed by atoms with Gasteiger partial charge in [-0.1, -0.05) is 0 Å². The van der Waals surface area contributed by atoms with Gasteiger partial charge < -0.3 is 10.3 Å². The summed E-state index contributed by atoms with van der Waals surface area (Å²) in [5.74, 6) is -0.372. The summed E-state index contributed by atoms with van der Waals surface area (Å²) in [6.07, 6.45) is -3.48. The van der Waals surface area contributed by atoms with Gasteiger partial charge in [0.25, 0.3) is 0 Å². The molecule has 0 spiro atoms. The average molecular weight is 351 g/mol. The second-order valence-corrected chi connectivity index (χ2v) is 5.41. The normalized spacial score (nSPS) is 12.2. The van der Waals surface area contributed by atoms with Gasteiger partial charge in [0.2, 0.25) is 0 Å². The van der Waals surface area contributed by atoms with E-state index in [1.807, 2.05) is 0 Å². The van der Waals surface area contributed by atoms with Crippen LogP contribution in [0.2, 0.25) is 0 Å². The maximum absolute atomic E-state index is 12.5. The number of benzene rings is 1. The highest BCUT2D eigenvalue weighted by Crippen LogP contribution is 2.43. The molecule has 0 saturated carbocycles. The van der Waals surface area contributed by atoms with E-state index in [9.17, 15) is 26.3 Å². The van der Waals surface area contributed by atoms with Crippen molar-refractivity contribution < 1.29 is 26.3 Å². The number of rotatable bonds is 2. The Balaban J connectivity index is 2.47. The fourth-order valence-corrected chi connectivity index (χ4v) is 2.47. The van der Waals surface area contributed by atoms with Gasteiger partial charge in [0, 0.05) is 11.9 Å². The third kappa shape index (κ3) is 3.73. The quantitative estimate of drug-likeness (QED) is 0.637. The van der Waals surface area contributed by atoms with E-state index in [0.717, 1.165) is 35.0 Å². The molecule has 0 aliphatic heterocycles. The van der Waals surface area contributed by atoms with Crippen molar-refractivity contribution >= 4 is 17.6 Å². The van der Waals surface area contributed by atoms with Crippen molar-refractivity contribution in [1.29, 1.82) is 5.26 Å². The van der Waals surface area contributed by atoms with Gasteiger partial charge >= 0.3 is 11.7 Å². The summed E-state index contributed by atoms with van der Waals surface area (Å²) in [6, 6.07) is 5.25. The lowest BCUT2D eigenvalue weighted by molar-refractivity contribution is -0.137. The predicted molar refractivity (Wildman–Crippen MR) is 71.8 cm³/mol. The van der Waals surface area contributed by atoms with Crippen molar-refractivity contribution in [2.75, 3.05) is 5.73 Å². The highest BCUT2D eigenvalue weighted by Gasteiger charge is 2.33. The molecule has 2 aromatic rings. The molecule has 0 fully saturated rings. The zero-order valence-corrected chi connectivity index (χ0v) is 11.9. The third-order valence-corrected chi connectivity index (χ3v) is 3.67. The average Bonchev–Trinajstić information content (AvgIpc) is 2.73. The van der Waals surface area contributed by atoms with Gasteiger partial charge in [0.15, 0.2) is 0 Å². The van der Waals surface area contributed by atoms with Crippen molar-refractivity contribution in [3.8, 4) is 11.8 Å². The van der Waals surface area contributed by atoms with Crippen LogP contribution in [0, 0.1) is 11.3 Å². The smallest absolute Gasteiger partial charge is 0.384 e. The number of alkyl halides is 6. The van der Waals surface area contributed by atoms with E-state index in [1.165, 1.54) is 0 Å². The van der Waals surface area contributed by atoms with Crippen molar-refractivity contribution in [3.05, 3.63) is 41.6 Å². The largest absolute Gasteiger partial charge is 0.446 e. The van der Waals surface area contributed by atoms with E-state index in [-0.39, 0.29) is 17.1 Å². The molecule has 1 aromatic carbocycles. The van der Waals surface area contributed by atoms with Gasteiger partial charge in [0.1, 0.15) is 11.9 Å². The summed E-state index contributed by atoms with van der Waals surface area (Å²) in [5, 5.41) is 8.90. The molecular formula is C13H7F6N3S. The fraction of sp³-hybridized carbons (Fsp3) is 0.154. The number of nitrogen functional groups attached to an aromatic ring is 1. The number of anilines is 1. The molecule has 10 heteroatoms. The number of hydrogen-bond acceptors (Lipinski definition) is 3. The number of halogens is 6. The van der Waals surface area contributed by atoms with Crippen LogP contribution in [-0.4, -0.2) is 10.1 Å². The highest BCUT2D eigenvalue weighted by atomic mass is 32.2. The van der Waals surface area contributed by atoms with Gasteiger partial charge in [-0.15, -0.1) is 0 Å². The minimum atomic E-state index is -4.65. The minimum absolute atomic E-state index is 0.112. The summed E-state index contributed by atoms with van der Waals surface area (Å²) in [4.78, 5) is -0.486. The maximum Gasteiger partial charge on any atom is 0.446 e. The monoisotopic (exact) mass is 351 g/mol. The van der Waals surface area contributed by atoms with E-state index in [4.69, 9.17) is 11.0 Å². The predicted octanol–water partition coefficient (Wildman–Crippen LogP) is 4.56. The Kier molecular flexibility index (Phi) is 4.26. The van der Waals surface area contributed by atoms with Crippen molar-refractivity contribution in [2.24, 2.45) is 0 Å². The van der Waals surface area contributed by atoms with Crippen molar-refractivity contribution in [2.45, 2.75) is 16.6 Å². The van der Waals surface area contributed by atoms with E-state index < -0.39 is 33.9 Å². The number of nitrogens with two attached hydrogens (primary N) is 1. The minimum Gasteiger partial charge on any atom is -0.384 e. The molecule has 0 aliphatic carbocycles. The van der Waals surface area contributed by atoms with Gasteiger partial charge in [-0.3, -0.25) is 0 Å². The molecule has 1 heterocycles. The molecule has 0 atom stereocenters. The van der Waals surface area contributed by atoms with Crippen LogP contribution in [0.25, 0.3) is 5.69 Å². The fourth-order valence-electron chi connectivity index (χ4n) is 1.83. The summed E-state index contributed by atoms with van der Waals surface area (Å²) >= 11 is -0.547. The Bertz CT molecular complexity index is 752. The first-order valence-electron chi connectivity index (χ1n) is 5.87. The lowest BCUT2D eigenvalue weighted by atomic mass is 10.2. The Labute approximate surface area is 130 Å². The Morgan fingerprint density at radius 2 is 1.61 bits per heavy atom. The molecule has 2 rings (SSSR count). The van der Waals surface area contributed by atoms with Crippen LogP contribution in [0.15, 0.2) is 35.4 Å². The molecule has 23 heavy (non-hydrogen) atoms. The number of aromatic nitrogens is 1. The number of thioether (sulfide) groups is 1. The van der Waals surface area contributed by atoms with E-state index in [0.29, 0.717) is 0 Å². The Morgan fingerprint density at radius 1 is 1.04 bits per heavy atom. The van der Waals surface area contributed by atoms with Gasteiger partial charge in [-0.25, -0.2) is 0 Å². The van der Waals surface area contributed by atoms with Crippen LogP contribution in [0.1, 0.15) is 11.1 Å². The molecular weight excluding hydrogens is 344 g/mol. The standard InChI is InChI=1S/C13H7F6N3S/c14-12(15,16)8-1-3-9(4-2-8)22-6-7(5-20)10(11(22)21)23-13(17,18)19/h1-4,6H,21H2. The van der Waals surface area contributed by atoms with Crippen LogP contribution >= 0.6 is 11.8 Å². The first-order valence-corrected chi connectivity index (χ1v) is 6.69. The lowest BCUT2D eigenvalue weighted by Crippen LogP contribution is -2.06. The topological polar surface area (TPSA) is 54.7 Å². The SMILES string of the molecule is N#Cc1cn(-c2ccc(C(F)(F)F)cc2)c(N)c1SC(F)(F)F. The Morgan fingerprint density at radius 3 is 2.04 bits per heavy atom. The molecule has 0 amide bonds. The molecule has 0 saturated heterocycles. The lowest BCUT2D eigenvalue weighted by Gasteiger charge is -2.10. The molecule has 3 nitrogen and oxygen atoms in total. The van der Waals surface area contributed by atoms with Crippen LogP contribution in [0.4, 0.5) is 32.2 Å². The molecule has 2 N–H and O–H groups in total. The van der Waals surface area contributed by atoms with Crippen LogP contribution in [0.5, 0.6) is 0 Å². The Hall–Kier alpha value is -2.28. The molecule has 0 radical (unpaired) electrons. The summed E-state index contributed by atoms with van der Waals surface area (Å²) in [6.45, 7) is 0. The van der Waals surface area contributed by atoms with Crippen LogP contribution in [-0.2, 0) is 6.18 Å². The molecule has 0 unspecified atom stereocenters. The van der Waals surface area contributed by atoms with Crippen LogP contribution < -0.4 is 5.73 Å². The van der Waals surface area contributed by atoms with Gasteiger partial charge in [-0.2, -0.15) is 31.6 Å². The number of nitriles is 1. The number of nitrogens with zero attached hydrogens (tertiary/aromatic N) is 2. The van der Waals surface area contributed by atoms with Gasteiger partial charge in [-0.05, 0) is 36.0 Å². The van der Waals surface area contributed by atoms with Crippen LogP contribution in [0.3, 0.4) is 0 Å². The zero-order chi connectivity index (χ0) is 17.4. The second-order valence-electron chi connectivity index (χ2n) is 4.33. The third-order valence-electron chi connectivity index (χ3n) is 2.81. The summed E-state index contributed by atoms with van der Waals surface area (Å²) in [7, 11) is 0. The maximum atomic E-state index is 12.5. The zero-order valence-electron chi connectivity index (χ0n) is 11.0. The molecule has 122 valence electrons. The molecule has 0 bridgehead atoms. The van der Waals surface area contributed by atoms with E-state index in [2.05, 4.69) is 0 Å². The molecule has 1 aromatic heterocycles. The summed E-state index contributed by atoms with van der Waals surface area (Å²) < 4.78 is 76.0. The van der Waals surface area contributed by atoms with Gasteiger partial charge in [0.05, 0.1) is 16.0 Å². The molecule has 0 aliphatic rings. The first kappa shape index (κ1) is 17.1. The van der Waals surface area contributed by atoms with Crippen molar-refractivity contribution in [3.63, 3.8) is 0 Å².